The third-order valence-corrected chi connectivity index (χ3v) is 4.35. The first kappa shape index (κ1) is 107. The molecule has 0 aliphatic carbocycles. The third-order valence-electron chi connectivity index (χ3n) is 4.35. The summed E-state index contributed by atoms with van der Waals surface area (Å²) in [5.74, 6) is -2.60. The smallest absolute Gasteiger partial charge is 0.249 e. The molecule has 0 aliphatic rings. The Hall–Kier alpha value is -3.96. The lowest BCUT2D eigenvalue weighted by Gasteiger charge is -2.08. The van der Waals surface area contributed by atoms with E-state index in [9.17, 15) is 52.7 Å². The maximum atomic E-state index is 12.4. The molecule has 0 radical (unpaired) electrons. The summed E-state index contributed by atoms with van der Waals surface area (Å²) in [7, 11) is 0.500. The van der Waals surface area contributed by atoms with Crippen molar-refractivity contribution >= 4 is 0 Å². The van der Waals surface area contributed by atoms with Crippen LogP contribution >= 0.6 is 0 Å². The fourth-order valence-electron chi connectivity index (χ4n) is 2.66. The van der Waals surface area contributed by atoms with Gasteiger partial charge < -0.3 is 0 Å². The highest BCUT2D eigenvalue weighted by atomic mass is 19.3. The van der Waals surface area contributed by atoms with Gasteiger partial charge in [-0.25, -0.2) is 48.3 Å². The Bertz CT molecular complexity index is 958. The first-order chi connectivity index (χ1) is 26.1. The fourth-order valence-corrected chi connectivity index (χ4v) is 2.66. The minimum atomic E-state index is -2.60. The molecule has 0 saturated heterocycles. The zero-order valence-corrected chi connectivity index (χ0v) is 33.5. The zero-order valence-electron chi connectivity index (χ0n) is 33.5. The van der Waals surface area contributed by atoms with Gasteiger partial charge in [0.05, 0.1) is 7.18 Å². The second kappa shape index (κ2) is 106. The average Bonchev–Trinajstić information content (AvgIpc) is 3.24. The van der Waals surface area contributed by atoms with E-state index in [0.29, 0.717) is 12.7 Å². The predicted octanol–water partition coefficient (Wildman–Crippen LogP) is 21.8. The second-order valence-electron chi connectivity index (χ2n) is 7.89. The van der Waals surface area contributed by atoms with Crippen LogP contribution in [-0.2, 0) is 26.4 Å². The van der Waals surface area contributed by atoms with Crippen LogP contribution in [0, 0.1) is 0 Å². The molecule has 0 spiro atoms. The summed E-state index contributed by atoms with van der Waals surface area (Å²) in [6.07, 6.45) is -0.173. The van der Waals surface area contributed by atoms with Crippen LogP contribution in [0.3, 0.4) is 0 Å². The van der Waals surface area contributed by atoms with Gasteiger partial charge in [0.15, 0.2) is 0 Å². The maximum absolute atomic E-state index is 12.4. The third kappa shape index (κ3) is 111. The highest BCUT2D eigenvalue weighted by Crippen LogP contribution is 2.18. The summed E-state index contributed by atoms with van der Waals surface area (Å²) in [5, 5.41) is 0. The highest BCUT2D eigenvalue weighted by molar-refractivity contribution is 5.16. The molecule has 0 fully saturated rings. The molecular formula is C50H96F12. The SMILES string of the molecule is C.C.C.C.C.C.C.C.CC.CC.CC.CC.CC(F)(F)Cc1ccccc1.CF.FCF.FCF.FCF.FCc1ccccc1.FCc1ccccc1.FCc1ccccc1. The van der Waals surface area contributed by atoms with Gasteiger partial charge in [0.1, 0.15) is 20.0 Å². The molecule has 0 aromatic heterocycles. The average molecular weight is 925 g/mol. The maximum Gasteiger partial charge on any atom is 0.249 e. The van der Waals surface area contributed by atoms with Gasteiger partial charge in [0, 0.05) is 6.42 Å². The van der Waals surface area contributed by atoms with Crippen LogP contribution in [0.1, 0.15) is 144 Å². The lowest BCUT2D eigenvalue weighted by atomic mass is 10.1. The van der Waals surface area contributed by atoms with Gasteiger partial charge in [-0.3, -0.25) is 4.39 Å². The Morgan fingerprint density at radius 3 is 0.532 bits per heavy atom. The molecule has 0 aliphatic heterocycles. The van der Waals surface area contributed by atoms with Crippen LogP contribution in [0.25, 0.3) is 0 Å². The first-order valence-corrected chi connectivity index (χ1v) is 17.1. The second-order valence-corrected chi connectivity index (χ2v) is 7.89. The number of alkyl halides is 12. The molecule has 4 aromatic rings. The predicted molar refractivity (Wildman–Crippen MR) is 262 cm³/mol. The van der Waals surface area contributed by atoms with Crippen molar-refractivity contribution in [1.29, 1.82) is 0 Å². The Morgan fingerprint density at radius 2 is 0.435 bits per heavy atom. The van der Waals surface area contributed by atoms with Crippen molar-refractivity contribution < 1.29 is 52.7 Å². The van der Waals surface area contributed by atoms with Crippen LogP contribution < -0.4 is 0 Å². The van der Waals surface area contributed by atoms with Crippen molar-refractivity contribution in [1.82, 2.24) is 0 Å². The van der Waals surface area contributed by atoms with Gasteiger partial charge in [-0.15, -0.1) is 0 Å². The van der Waals surface area contributed by atoms with Crippen molar-refractivity contribution in [2.24, 2.45) is 0 Å². The number of benzene rings is 4. The van der Waals surface area contributed by atoms with Crippen molar-refractivity contribution in [3.05, 3.63) is 144 Å². The lowest BCUT2D eigenvalue weighted by Crippen LogP contribution is -2.13. The van der Waals surface area contributed by atoms with E-state index in [1.54, 1.807) is 60.7 Å². The molecule has 62 heavy (non-hydrogen) atoms. The van der Waals surface area contributed by atoms with Crippen molar-refractivity contribution in [3.63, 3.8) is 0 Å². The number of hydrogen-bond acceptors (Lipinski definition) is 0. The van der Waals surface area contributed by atoms with E-state index >= 15 is 0 Å². The topological polar surface area (TPSA) is 0 Å². The highest BCUT2D eigenvalue weighted by Gasteiger charge is 2.20. The molecule has 12 heteroatoms. The molecule has 0 saturated carbocycles. The van der Waals surface area contributed by atoms with Crippen LogP contribution in [0.2, 0.25) is 0 Å². The minimum absolute atomic E-state index is 0. The number of halogens is 12. The standard InChI is InChI=1S/C9H10F2.3C7H7F.4C2H6.3CH2F2.CH3F.8CH4/c1-9(10,11)7-8-5-3-2-4-6-8;3*8-6-7-4-2-1-3-5-7;4*1-2;3*2-1-3;1-2;;;;;;;;/h2-6H,7H2,1H3;3*1-5H,6H2;4*1-2H3;3*1H2;1H3;8*1H4. The zero-order chi connectivity index (χ0) is 43.9. The monoisotopic (exact) mass is 925 g/mol. The first-order valence-electron chi connectivity index (χ1n) is 17.1. The summed E-state index contributed by atoms with van der Waals surface area (Å²) < 4.78 is 127. The molecule has 0 N–H and O–H groups in total. The van der Waals surface area contributed by atoms with E-state index in [2.05, 4.69) is 0 Å². The van der Waals surface area contributed by atoms with Gasteiger partial charge in [-0.2, -0.15) is 0 Å². The molecule has 0 amide bonds. The molecule has 0 unspecified atom stereocenters. The quantitative estimate of drug-likeness (QED) is 0.175. The molecular weight excluding hydrogens is 829 g/mol. The number of hydrogen-bond donors (Lipinski definition) is 0. The van der Waals surface area contributed by atoms with E-state index in [1.165, 1.54) is 0 Å². The van der Waals surface area contributed by atoms with Crippen molar-refractivity contribution in [2.45, 2.75) is 154 Å². The van der Waals surface area contributed by atoms with E-state index in [1.807, 2.05) is 116 Å². The summed E-state index contributed by atoms with van der Waals surface area (Å²) in [6.45, 7) is 10.6. The molecule has 0 atom stereocenters. The largest absolute Gasteiger partial charge is 0.255 e. The van der Waals surface area contributed by atoms with Crippen LogP contribution in [0.15, 0.2) is 121 Å². The Labute approximate surface area is 377 Å². The minimum Gasteiger partial charge on any atom is -0.255 e. The summed E-state index contributed by atoms with van der Waals surface area (Å²) in [4.78, 5) is 0. The lowest BCUT2D eigenvalue weighted by molar-refractivity contribution is 0.0226. The molecule has 0 nitrogen and oxygen atoms in total. The van der Waals surface area contributed by atoms with E-state index in [0.717, 1.165) is 23.6 Å². The van der Waals surface area contributed by atoms with E-state index < -0.39 is 26.7 Å². The van der Waals surface area contributed by atoms with E-state index in [-0.39, 0.29) is 85.9 Å². The van der Waals surface area contributed by atoms with Gasteiger partial charge in [0.25, 0.3) is 0 Å². The summed E-state index contributed by atoms with van der Waals surface area (Å²) >= 11 is 0. The fraction of sp³-hybridized carbons (Fsp3) is 0.520. The van der Waals surface area contributed by atoms with Crippen LogP contribution in [0.5, 0.6) is 0 Å². The molecule has 0 heterocycles. The van der Waals surface area contributed by atoms with Crippen molar-refractivity contribution in [2.75, 3.05) is 28.0 Å². The normalized spacial score (nSPS) is 6.94. The molecule has 4 aromatic carbocycles. The van der Waals surface area contributed by atoms with E-state index in [4.69, 9.17) is 0 Å². The summed E-state index contributed by atoms with van der Waals surface area (Å²) in [6, 6.07) is 35.9. The van der Waals surface area contributed by atoms with Crippen LogP contribution in [0.4, 0.5) is 52.7 Å². The van der Waals surface area contributed by atoms with Gasteiger partial charge in [0.2, 0.25) is 26.7 Å². The molecule has 4 rings (SSSR count). The van der Waals surface area contributed by atoms with Gasteiger partial charge in [-0.1, -0.05) is 236 Å². The molecule has 0 bridgehead atoms. The van der Waals surface area contributed by atoms with Crippen LogP contribution in [-0.4, -0.2) is 33.9 Å². The molecule has 380 valence electrons. The number of rotatable bonds is 5. The summed E-state index contributed by atoms with van der Waals surface area (Å²) in [5.41, 5.74) is 2.91. The Balaban J connectivity index is -0.0000000278. The Morgan fingerprint density at radius 1 is 0.306 bits per heavy atom. The van der Waals surface area contributed by atoms with Gasteiger partial charge >= 0.3 is 0 Å². The van der Waals surface area contributed by atoms with Gasteiger partial charge in [-0.05, 0) is 29.2 Å². The van der Waals surface area contributed by atoms with Crippen molar-refractivity contribution in [3.8, 4) is 0 Å². The Kier molecular flexibility index (Phi) is 183.